The van der Waals surface area contributed by atoms with Gasteiger partial charge in [-0.15, -0.1) is 0 Å². The van der Waals surface area contributed by atoms with E-state index in [1.807, 2.05) is 18.2 Å². The molecule has 0 bridgehead atoms. The first-order chi connectivity index (χ1) is 9.25. The van der Waals surface area contributed by atoms with Gasteiger partial charge in [0.15, 0.2) is 0 Å². The molecule has 0 saturated heterocycles. The van der Waals surface area contributed by atoms with E-state index in [2.05, 4.69) is 12.1 Å². The SMILES string of the molecule is OC(CCCCc1ccccc1)c1ccc(F)cc1. The maximum absolute atomic E-state index is 12.8. The number of hydrogen-bond donors (Lipinski definition) is 1. The Bertz CT molecular complexity index is 478. The van der Waals surface area contributed by atoms with Crippen LogP contribution in [0, 0.1) is 5.82 Å². The van der Waals surface area contributed by atoms with Crippen LogP contribution >= 0.6 is 0 Å². The molecule has 0 saturated carbocycles. The lowest BCUT2D eigenvalue weighted by molar-refractivity contribution is 0.163. The van der Waals surface area contributed by atoms with Crippen LogP contribution < -0.4 is 0 Å². The molecule has 0 aliphatic carbocycles. The molecule has 2 rings (SSSR count). The van der Waals surface area contributed by atoms with Gasteiger partial charge in [-0.25, -0.2) is 4.39 Å². The Hall–Kier alpha value is -1.67. The lowest BCUT2D eigenvalue weighted by Crippen LogP contribution is -1.98. The maximum Gasteiger partial charge on any atom is 0.123 e. The molecule has 0 spiro atoms. The molecule has 0 amide bonds. The summed E-state index contributed by atoms with van der Waals surface area (Å²) in [6.07, 6.45) is 3.29. The Labute approximate surface area is 113 Å². The highest BCUT2D eigenvalue weighted by Gasteiger charge is 2.07. The predicted molar refractivity (Wildman–Crippen MR) is 75.4 cm³/mol. The first-order valence-electron chi connectivity index (χ1n) is 6.73. The summed E-state index contributed by atoms with van der Waals surface area (Å²) in [6.45, 7) is 0. The van der Waals surface area contributed by atoms with Crippen molar-refractivity contribution in [3.63, 3.8) is 0 Å². The van der Waals surface area contributed by atoms with E-state index in [0.29, 0.717) is 0 Å². The fourth-order valence-corrected chi connectivity index (χ4v) is 2.16. The number of aliphatic hydroxyl groups is 1. The summed E-state index contributed by atoms with van der Waals surface area (Å²) in [7, 11) is 0. The quantitative estimate of drug-likeness (QED) is 0.767. The molecule has 1 N–H and O–H groups in total. The molecule has 2 aromatic carbocycles. The molecule has 0 fully saturated rings. The van der Waals surface area contributed by atoms with Crippen molar-refractivity contribution in [1.29, 1.82) is 0 Å². The Morgan fingerprint density at radius 3 is 2.26 bits per heavy atom. The third-order valence-corrected chi connectivity index (χ3v) is 3.29. The normalized spacial score (nSPS) is 12.3. The highest BCUT2D eigenvalue weighted by molar-refractivity contribution is 5.18. The molecule has 0 aliphatic heterocycles. The molecule has 1 atom stereocenters. The molecule has 19 heavy (non-hydrogen) atoms. The van der Waals surface area contributed by atoms with Gasteiger partial charge in [0, 0.05) is 0 Å². The second-order valence-electron chi connectivity index (χ2n) is 4.80. The third kappa shape index (κ3) is 4.49. The zero-order valence-electron chi connectivity index (χ0n) is 10.9. The number of hydrogen-bond acceptors (Lipinski definition) is 1. The van der Waals surface area contributed by atoms with Gasteiger partial charge in [-0.2, -0.15) is 0 Å². The average Bonchev–Trinajstić information content (AvgIpc) is 2.45. The summed E-state index contributed by atoms with van der Waals surface area (Å²) in [5, 5.41) is 9.99. The van der Waals surface area contributed by atoms with E-state index in [1.54, 1.807) is 12.1 Å². The van der Waals surface area contributed by atoms with Crippen molar-refractivity contribution < 1.29 is 9.50 Å². The van der Waals surface area contributed by atoms with E-state index < -0.39 is 6.10 Å². The van der Waals surface area contributed by atoms with Crippen molar-refractivity contribution >= 4 is 0 Å². The number of benzene rings is 2. The fraction of sp³-hybridized carbons (Fsp3) is 0.294. The number of unbranched alkanes of at least 4 members (excludes halogenated alkanes) is 1. The summed E-state index contributed by atoms with van der Waals surface area (Å²) < 4.78 is 12.8. The highest BCUT2D eigenvalue weighted by Crippen LogP contribution is 2.20. The van der Waals surface area contributed by atoms with Crippen LogP contribution in [0.15, 0.2) is 54.6 Å². The molecule has 2 aromatic rings. The summed E-state index contributed by atoms with van der Waals surface area (Å²) >= 11 is 0. The van der Waals surface area contributed by atoms with E-state index in [-0.39, 0.29) is 5.82 Å². The number of halogens is 1. The lowest BCUT2D eigenvalue weighted by Gasteiger charge is -2.10. The molecule has 0 aliphatic rings. The standard InChI is InChI=1S/C17H19FO/c18-16-12-10-15(11-13-16)17(19)9-5-4-8-14-6-2-1-3-7-14/h1-3,6-7,10-13,17,19H,4-5,8-9H2. The van der Waals surface area contributed by atoms with Crippen LogP contribution in [0.3, 0.4) is 0 Å². The van der Waals surface area contributed by atoms with Gasteiger partial charge in [0.05, 0.1) is 6.10 Å². The van der Waals surface area contributed by atoms with E-state index >= 15 is 0 Å². The van der Waals surface area contributed by atoms with Crippen LogP contribution in [0.5, 0.6) is 0 Å². The van der Waals surface area contributed by atoms with Crippen LogP contribution in [0.2, 0.25) is 0 Å². The Kier molecular flexibility index (Phi) is 5.10. The summed E-state index contributed by atoms with van der Waals surface area (Å²) in [4.78, 5) is 0. The predicted octanol–water partition coefficient (Wildman–Crippen LogP) is 4.27. The highest BCUT2D eigenvalue weighted by atomic mass is 19.1. The molecule has 0 radical (unpaired) electrons. The van der Waals surface area contributed by atoms with E-state index in [1.165, 1.54) is 17.7 Å². The van der Waals surface area contributed by atoms with E-state index in [4.69, 9.17) is 0 Å². The van der Waals surface area contributed by atoms with Crippen molar-refractivity contribution in [1.82, 2.24) is 0 Å². The average molecular weight is 258 g/mol. The van der Waals surface area contributed by atoms with E-state index in [0.717, 1.165) is 31.2 Å². The first-order valence-corrected chi connectivity index (χ1v) is 6.73. The van der Waals surface area contributed by atoms with Gasteiger partial charge < -0.3 is 5.11 Å². The lowest BCUT2D eigenvalue weighted by atomic mass is 10.0. The fourth-order valence-electron chi connectivity index (χ4n) is 2.16. The number of rotatable bonds is 6. The van der Waals surface area contributed by atoms with Crippen LogP contribution in [0.1, 0.15) is 36.5 Å². The van der Waals surface area contributed by atoms with Gasteiger partial charge in [0.25, 0.3) is 0 Å². The zero-order valence-corrected chi connectivity index (χ0v) is 10.9. The van der Waals surface area contributed by atoms with Gasteiger partial charge in [0.1, 0.15) is 5.82 Å². The van der Waals surface area contributed by atoms with Gasteiger partial charge in [0.2, 0.25) is 0 Å². The second kappa shape index (κ2) is 7.05. The molecule has 1 unspecified atom stereocenters. The minimum Gasteiger partial charge on any atom is -0.388 e. The van der Waals surface area contributed by atoms with E-state index in [9.17, 15) is 9.50 Å². The van der Waals surface area contributed by atoms with Crippen LogP contribution in [0.25, 0.3) is 0 Å². The Morgan fingerprint density at radius 1 is 0.895 bits per heavy atom. The number of aliphatic hydroxyl groups excluding tert-OH is 1. The van der Waals surface area contributed by atoms with Gasteiger partial charge in [-0.1, -0.05) is 48.9 Å². The van der Waals surface area contributed by atoms with Gasteiger partial charge in [-0.05, 0) is 42.5 Å². The van der Waals surface area contributed by atoms with Gasteiger partial charge in [-0.3, -0.25) is 0 Å². The molecule has 0 aromatic heterocycles. The molecule has 0 heterocycles. The number of aryl methyl sites for hydroxylation is 1. The Morgan fingerprint density at radius 2 is 1.58 bits per heavy atom. The minimum absolute atomic E-state index is 0.264. The van der Waals surface area contributed by atoms with Crippen LogP contribution in [-0.2, 0) is 6.42 Å². The first kappa shape index (κ1) is 13.8. The largest absolute Gasteiger partial charge is 0.388 e. The summed E-state index contributed by atoms with van der Waals surface area (Å²) in [6, 6.07) is 16.4. The topological polar surface area (TPSA) is 20.2 Å². The van der Waals surface area contributed by atoms with Crippen molar-refractivity contribution in [3.05, 3.63) is 71.5 Å². The Balaban J connectivity index is 1.72. The monoisotopic (exact) mass is 258 g/mol. The maximum atomic E-state index is 12.8. The smallest absolute Gasteiger partial charge is 0.123 e. The van der Waals surface area contributed by atoms with Gasteiger partial charge >= 0.3 is 0 Å². The molecule has 100 valence electrons. The van der Waals surface area contributed by atoms with Crippen LogP contribution in [-0.4, -0.2) is 5.11 Å². The summed E-state index contributed by atoms with van der Waals surface area (Å²) in [5.74, 6) is -0.264. The molecule has 2 heteroatoms. The second-order valence-corrected chi connectivity index (χ2v) is 4.80. The summed E-state index contributed by atoms with van der Waals surface area (Å²) in [5.41, 5.74) is 2.12. The van der Waals surface area contributed by atoms with Crippen molar-refractivity contribution in [2.75, 3.05) is 0 Å². The minimum atomic E-state index is -0.489. The zero-order chi connectivity index (χ0) is 13.5. The molecule has 1 nitrogen and oxygen atoms in total. The molecular formula is C17H19FO. The molecular weight excluding hydrogens is 239 g/mol. The third-order valence-electron chi connectivity index (χ3n) is 3.29. The van der Waals surface area contributed by atoms with Crippen molar-refractivity contribution in [3.8, 4) is 0 Å². The van der Waals surface area contributed by atoms with Crippen molar-refractivity contribution in [2.24, 2.45) is 0 Å². The van der Waals surface area contributed by atoms with Crippen LogP contribution in [0.4, 0.5) is 4.39 Å². The van der Waals surface area contributed by atoms with Crippen molar-refractivity contribution in [2.45, 2.75) is 31.8 Å².